The average molecular weight is 228 g/mol. The highest BCUT2D eigenvalue weighted by molar-refractivity contribution is 5.76. The van der Waals surface area contributed by atoms with Crippen LogP contribution in [0.4, 0.5) is 0 Å². The average Bonchev–Trinajstić information content (AvgIpc) is 2.30. The summed E-state index contributed by atoms with van der Waals surface area (Å²) in [4.78, 5) is 13.8. The number of likely N-dealkylation sites (tertiary alicyclic amines) is 1. The van der Waals surface area contributed by atoms with E-state index in [1.165, 1.54) is 0 Å². The summed E-state index contributed by atoms with van der Waals surface area (Å²) in [6.07, 6.45) is 4.69. The van der Waals surface area contributed by atoms with Gasteiger partial charge in [0, 0.05) is 33.2 Å². The molecule has 1 fully saturated rings. The van der Waals surface area contributed by atoms with Crippen LogP contribution in [0.3, 0.4) is 0 Å². The fourth-order valence-corrected chi connectivity index (χ4v) is 2.16. The number of unbranched alkanes of at least 4 members (excludes halogenated alkanes) is 1. The van der Waals surface area contributed by atoms with E-state index < -0.39 is 0 Å². The molecular weight excluding hydrogens is 204 g/mol. The second-order valence-electron chi connectivity index (χ2n) is 4.53. The number of carbonyl (C=O) groups is 1. The summed E-state index contributed by atoms with van der Waals surface area (Å²) >= 11 is 0. The Bertz CT molecular complexity index is 201. The molecule has 0 bridgehead atoms. The van der Waals surface area contributed by atoms with Crippen molar-refractivity contribution in [2.45, 2.75) is 32.1 Å². The van der Waals surface area contributed by atoms with Crippen LogP contribution in [0.1, 0.15) is 32.1 Å². The van der Waals surface area contributed by atoms with E-state index in [9.17, 15) is 4.79 Å². The molecule has 4 nitrogen and oxygen atoms in total. The Hall–Kier alpha value is -0.610. The van der Waals surface area contributed by atoms with E-state index in [-0.39, 0.29) is 0 Å². The lowest BCUT2D eigenvalue weighted by atomic mass is 9.97. The Labute approximate surface area is 98.1 Å². The number of piperidine rings is 1. The van der Waals surface area contributed by atoms with Crippen molar-refractivity contribution >= 4 is 5.91 Å². The van der Waals surface area contributed by atoms with Gasteiger partial charge in [-0.05, 0) is 38.1 Å². The topological polar surface area (TPSA) is 55.6 Å². The van der Waals surface area contributed by atoms with Crippen LogP contribution < -0.4 is 5.73 Å². The maximum absolute atomic E-state index is 11.8. The first kappa shape index (κ1) is 13.5. The van der Waals surface area contributed by atoms with Gasteiger partial charge in [-0.3, -0.25) is 4.79 Å². The normalized spacial score (nSPS) is 17.8. The van der Waals surface area contributed by atoms with Crippen LogP contribution in [-0.2, 0) is 9.53 Å². The van der Waals surface area contributed by atoms with E-state index in [4.69, 9.17) is 10.5 Å². The lowest BCUT2D eigenvalue weighted by Crippen LogP contribution is -2.39. The standard InChI is InChI=1S/C12H24N2O2/c1-16-10-11-5-8-14(9-6-11)12(15)4-2-3-7-13/h11H,2-10,13H2,1H3. The van der Waals surface area contributed by atoms with Gasteiger partial charge in [-0.2, -0.15) is 0 Å². The van der Waals surface area contributed by atoms with Crippen LogP contribution in [0.2, 0.25) is 0 Å². The van der Waals surface area contributed by atoms with Crippen LogP contribution in [0, 0.1) is 5.92 Å². The fourth-order valence-electron chi connectivity index (χ4n) is 2.16. The molecule has 0 aromatic rings. The zero-order valence-electron chi connectivity index (χ0n) is 10.3. The Morgan fingerprint density at radius 1 is 1.38 bits per heavy atom. The van der Waals surface area contributed by atoms with Crippen LogP contribution in [-0.4, -0.2) is 44.2 Å². The fraction of sp³-hybridized carbons (Fsp3) is 0.917. The van der Waals surface area contributed by atoms with Gasteiger partial charge >= 0.3 is 0 Å². The highest BCUT2D eigenvalue weighted by Gasteiger charge is 2.21. The molecule has 0 spiro atoms. The molecule has 0 aliphatic carbocycles. The Kier molecular flexibility index (Phi) is 6.42. The van der Waals surface area contributed by atoms with Gasteiger partial charge in [0.1, 0.15) is 0 Å². The molecule has 1 saturated heterocycles. The van der Waals surface area contributed by atoms with E-state index >= 15 is 0 Å². The minimum atomic E-state index is 0.296. The predicted molar refractivity (Wildman–Crippen MR) is 64.1 cm³/mol. The quantitative estimate of drug-likeness (QED) is 0.690. The molecule has 0 atom stereocenters. The van der Waals surface area contributed by atoms with Crippen molar-refractivity contribution in [1.82, 2.24) is 4.90 Å². The van der Waals surface area contributed by atoms with Crippen LogP contribution in [0.5, 0.6) is 0 Å². The van der Waals surface area contributed by atoms with Gasteiger partial charge < -0.3 is 15.4 Å². The number of nitrogens with zero attached hydrogens (tertiary/aromatic N) is 1. The molecule has 4 heteroatoms. The summed E-state index contributed by atoms with van der Waals surface area (Å²) in [7, 11) is 1.74. The summed E-state index contributed by atoms with van der Waals surface area (Å²) in [6.45, 7) is 3.31. The Morgan fingerprint density at radius 2 is 2.06 bits per heavy atom. The van der Waals surface area contributed by atoms with E-state index in [2.05, 4.69) is 0 Å². The minimum Gasteiger partial charge on any atom is -0.384 e. The Morgan fingerprint density at radius 3 is 2.62 bits per heavy atom. The maximum Gasteiger partial charge on any atom is 0.222 e. The minimum absolute atomic E-state index is 0.296. The third kappa shape index (κ3) is 4.49. The predicted octanol–water partition coefficient (Wildman–Crippen LogP) is 1.00. The molecule has 1 amide bonds. The second kappa shape index (κ2) is 7.63. The number of hydrogen-bond acceptors (Lipinski definition) is 3. The first-order valence-electron chi connectivity index (χ1n) is 6.24. The zero-order chi connectivity index (χ0) is 11.8. The van der Waals surface area contributed by atoms with Gasteiger partial charge in [0.2, 0.25) is 5.91 Å². The number of ether oxygens (including phenoxy) is 1. The smallest absolute Gasteiger partial charge is 0.222 e. The molecule has 16 heavy (non-hydrogen) atoms. The van der Waals surface area contributed by atoms with Gasteiger partial charge in [0.05, 0.1) is 0 Å². The molecule has 1 aliphatic heterocycles. The first-order valence-corrected chi connectivity index (χ1v) is 6.24. The molecule has 1 rings (SSSR count). The van der Waals surface area contributed by atoms with E-state index in [1.54, 1.807) is 7.11 Å². The van der Waals surface area contributed by atoms with Crippen molar-refractivity contribution in [2.75, 3.05) is 33.4 Å². The molecule has 0 aromatic carbocycles. The summed E-state index contributed by atoms with van der Waals surface area (Å²) in [5.41, 5.74) is 5.41. The van der Waals surface area contributed by atoms with Crippen LogP contribution >= 0.6 is 0 Å². The largest absolute Gasteiger partial charge is 0.384 e. The van der Waals surface area contributed by atoms with Gasteiger partial charge in [-0.1, -0.05) is 0 Å². The van der Waals surface area contributed by atoms with Crippen LogP contribution in [0.25, 0.3) is 0 Å². The molecule has 1 heterocycles. The summed E-state index contributed by atoms with van der Waals surface area (Å²) in [5.74, 6) is 0.933. The summed E-state index contributed by atoms with van der Waals surface area (Å²) in [6, 6.07) is 0. The number of methoxy groups -OCH3 is 1. The highest BCUT2D eigenvalue weighted by atomic mass is 16.5. The van der Waals surface area contributed by atoms with Crippen molar-refractivity contribution in [2.24, 2.45) is 11.7 Å². The molecule has 94 valence electrons. The molecule has 0 aromatic heterocycles. The number of hydrogen-bond donors (Lipinski definition) is 1. The van der Waals surface area contributed by atoms with E-state index in [0.29, 0.717) is 24.8 Å². The molecule has 0 radical (unpaired) electrons. The number of rotatable bonds is 6. The molecule has 1 aliphatic rings. The van der Waals surface area contributed by atoms with Crippen LogP contribution in [0.15, 0.2) is 0 Å². The van der Waals surface area contributed by atoms with Crippen molar-refractivity contribution < 1.29 is 9.53 Å². The third-order valence-electron chi connectivity index (χ3n) is 3.21. The van der Waals surface area contributed by atoms with Gasteiger partial charge in [0.25, 0.3) is 0 Å². The molecule has 0 saturated carbocycles. The molecule has 2 N–H and O–H groups in total. The second-order valence-corrected chi connectivity index (χ2v) is 4.53. The monoisotopic (exact) mass is 228 g/mol. The Balaban J connectivity index is 2.17. The summed E-state index contributed by atoms with van der Waals surface area (Å²) in [5, 5.41) is 0. The molecular formula is C12H24N2O2. The van der Waals surface area contributed by atoms with Crippen molar-refractivity contribution in [3.63, 3.8) is 0 Å². The first-order chi connectivity index (χ1) is 7.77. The maximum atomic E-state index is 11.8. The number of carbonyl (C=O) groups excluding carboxylic acids is 1. The SMILES string of the molecule is COCC1CCN(C(=O)CCCCN)CC1. The van der Waals surface area contributed by atoms with E-state index in [1.807, 2.05) is 4.90 Å². The van der Waals surface area contributed by atoms with Gasteiger partial charge in [-0.15, -0.1) is 0 Å². The number of nitrogens with two attached hydrogens (primary N) is 1. The lowest BCUT2D eigenvalue weighted by Gasteiger charge is -2.31. The highest BCUT2D eigenvalue weighted by Crippen LogP contribution is 2.18. The van der Waals surface area contributed by atoms with Gasteiger partial charge in [-0.25, -0.2) is 0 Å². The zero-order valence-corrected chi connectivity index (χ0v) is 10.3. The lowest BCUT2D eigenvalue weighted by molar-refractivity contribution is -0.132. The van der Waals surface area contributed by atoms with Gasteiger partial charge in [0.15, 0.2) is 0 Å². The van der Waals surface area contributed by atoms with E-state index in [0.717, 1.165) is 45.4 Å². The van der Waals surface area contributed by atoms with Crippen molar-refractivity contribution in [3.8, 4) is 0 Å². The molecule has 0 unspecified atom stereocenters. The summed E-state index contributed by atoms with van der Waals surface area (Å²) < 4.78 is 5.14. The van der Waals surface area contributed by atoms with Crippen molar-refractivity contribution in [3.05, 3.63) is 0 Å². The van der Waals surface area contributed by atoms with Crippen molar-refractivity contribution in [1.29, 1.82) is 0 Å². The third-order valence-corrected chi connectivity index (χ3v) is 3.21. The number of amides is 1.